The van der Waals surface area contributed by atoms with E-state index in [-0.39, 0.29) is 6.10 Å². The van der Waals surface area contributed by atoms with Gasteiger partial charge in [0.05, 0.1) is 0 Å². The van der Waals surface area contributed by atoms with Crippen molar-refractivity contribution in [1.82, 2.24) is 5.32 Å². The molecule has 2 nitrogen and oxygen atoms in total. The fourth-order valence-corrected chi connectivity index (χ4v) is 1.60. The van der Waals surface area contributed by atoms with Crippen molar-refractivity contribution >= 4 is 0 Å². The summed E-state index contributed by atoms with van der Waals surface area (Å²) < 4.78 is 5.96. The van der Waals surface area contributed by atoms with Crippen LogP contribution in [0.15, 0.2) is 18.2 Å². The largest absolute Gasteiger partial charge is 0.489 e. The summed E-state index contributed by atoms with van der Waals surface area (Å²) in [4.78, 5) is 0. The zero-order valence-electron chi connectivity index (χ0n) is 11.7. The van der Waals surface area contributed by atoms with Crippen molar-refractivity contribution in [2.24, 2.45) is 0 Å². The molecule has 0 spiro atoms. The van der Waals surface area contributed by atoms with Gasteiger partial charge in [-0.2, -0.15) is 0 Å². The minimum atomic E-state index is 0.199. The average molecular weight is 235 g/mol. The summed E-state index contributed by atoms with van der Waals surface area (Å²) >= 11 is 0. The first-order valence-electron chi connectivity index (χ1n) is 6.50. The van der Waals surface area contributed by atoms with Crippen LogP contribution in [0.4, 0.5) is 0 Å². The predicted octanol–water partition coefficient (Wildman–Crippen LogP) is 3.46. The van der Waals surface area contributed by atoms with Crippen molar-refractivity contribution in [3.8, 4) is 5.75 Å². The van der Waals surface area contributed by atoms with Crippen molar-refractivity contribution in [1.29, 1.82) is 0 Å². The van der Waals surface area contributed by atoms with E-state index in [1.807, 2.05) is 0 Å². The van der Waals surface area contributed by atoms with Gasteiger partial charge in [-0.05, 0) is 51.3 Å². The lowest BCUT2D eigenvalue weighted by Crippen LogP contribution is -2.34. The maximum atomic E-state index is 5.96. The van der Waals surface area contributed by atoms with Crippen LogP contribution < -0.4 is 10.1 Å². The Labute approximate surface area is 105 Å². The van der Waals surface area contributed by atoms with Gasteiger partial charge in [-0.25, -0.2) is 0 Å². The summed E-state index contributed by atoms with van der Waals surface area (Å²) in [7, 11) is 0. The molecule has 17 heavy (non-hydrogen) atoms. The van der Waals surface area contributed by atoms with Crippen LogP contribution in [0, 0.1) is 13.8 Å². The van der Waals surface area contributed by atoms with Gasteiger partial charge in [-0.15, -0.1) is 0 Å². The maximum absolute atomic E-state index is 5.96. The lowest BCUT2D eigenvalue weighted by Gasteiger charge is -2.19. The van der Waals surface area contributed by atoms with Gasteiger partial charge in [0.2, 0.25) is 0 Å². The predicted molar refractivity (Wildman–Crippen MR) is 73.8 cm³/mol. The van der Waals surface area contributed by atoms with Gasteiger partial charge >= 0.3 is 0 Å². The third-order valence-electron chi connectivity index (χ3n) is 3.04. The highest BCUT2D eigenvalue weighted by Gasteiger charge is 2.07. The second kappa shape index (κ2) is 6.65. The van der Waals surface area contributed by atoms with Crippen LogP contribution in [0.25, 0.3) is 0 Å². The van der Waals surface area contributed by atoms with Gasteiger partial charge in [0, 0.05) is 12.6 Å². The van der Waals surface area contributed by atoms with E-state index in [4.69, 9.17) is 4.74 Å². The number of benzene rings is 1. The van der Waals surface area contributed by atoms with E-state index in [2.05, 4.69) is 58.1 Å². The van der Waals surface area contributed by atoms with E-state index in [1.54, 1.807) is 0 Å². The first-order valence-corrected chi connectivity index (χ1v) is 6.50. The van der Waals surface area contributed by atoms with Crippen LogP contribution in [-0.2, 0) is 0 Å². The molecule has 2 heteroatoms. The SMILES string of the molecule is CCC(C)NCC(C)Oc1cc(C)ccc1C. The summed E-state index contributed by atoms with van der Waals surface area (Å²) in [6.45, 7) is 11.6. The summed E-state index contributed by atoms with van der Waals surface area (Å²) in [5, 5.41) is 3.46. The van der Waals surface area contributed by atoms with Gasteiger partial charge in [0.1, 0.15) is 11.9 Å². The Kier molecular flexibility index (Phi) is 5.49. The van der Waals surface area contributed by atoms with Crippen molar-refractivity contribution < 1.29 is 4.74 Å². The smallest absolute Gasteiger partial charge is 0.122 e. The Morgan fingerprint density at radius 3 is 2.59 bits per heavy atom. The zero-order chi connectivity index (χ0) is 12.8. The molecule has 1 N–H and O–H groups in total. The summed E-state index contributed by atoms with van der Waals surface area (Å²) in [5.74, 6) is 1.00. The topological polar surface area (TPSA) is 21.3 Å². The fraction of sp³-hybridized carbons (Fsp3) is 0.600. The average Bonchev–Trinajstić information content (AvgIpc) is 2.30. The van der Waals surface area contributed by atoms with Crippen LogP contribution >= 0.6 is 0 Å². The number of rotatable bonds is 6. The van der Waals surface area contributed by atoms with Gasteiger partial charge in [-0.1, -0.05) is 19.1 Å². The molecule has 0 radical (unpaired) electrons. The van der Waals surface area contributed by atoms with Crippen molar-refractivity contribution in [3.05, 3.63) is 29.3 Å². The number of hydrogen-bond donors (Lipinski definition) is 1. The molecule has 1 aromatic rings. The van der Waals surface area contributed by atoms with Gasteiger partial charge in [0.15, 0.2) is 0 Å². The highest BCUT2D eigenvalue weighted by Crippen LogP contribution is 2.20. The van der Waals surface area contributed by atoms with E-state index >= 15 is 0 Å². The Hall–Kier alpha value is -1.02. The second-order valence-corrected chi connectivity index (χ2v) is 4.91. The molecule has 1 rings (SSSR count). The second-order valence-electron chi connectivity index (χ2n) is 4.91. The quantitative estimate of drug-likeness (QED) is 0.815. The van der Waals surface area contributed by atoms with Crippen LogP contribution in [0.3, 0.4) is 0 Å². The molecule has 0 aliphatic rings. The van der Waals surface area contributed by atoms with Crippen molar-refractivity contribution in [3.63, 3.8) is 0 Å². The number of nitrogens with one attached hydrogen (secondary N) is 1. The van der Waals surface area contributed by atoms with Gasteiger partial charge in [-0.3, -0.25) is 0 Å². The van der Waals surface area contributed by atoms with Crippen LogP contribution in [0.1, 0.15) is 38.3 Å². The van der Waals surface area contributed by atoms with E-state index in [9.17, 15) is 0 Å². The molecule has 0 amide bonds. The van der Waals surface area contributed by atoms with Gasteiger partial charge < -0.3 is 10.1 Å². The van der Waals surface area contributed by atoms with Crippen LogP contribution in [0.5, 0.6) is 5.75 Å². The van der Waals surface area contributed by atoms with Crippen molar-refractivity contribution in [2.45, 2.75) is 53.2 Å². The molecule has 0 aromatic heterocycles. The monoisotopic (exact) mass is 235 g/mol. The van der Waals surface area contributed by atoms with E-state index in [1.165, 1.54) is 11.1 Å². The fourth-order valence-electron chi connectivity index (χ4n) is 1.60. The summed E-state index contributed by atoms with van der Waals surface area (Å²) in [5.41, 5.74) is 2.44. The Morgan fingerprint density at radius 1 is 1.24 bits per heavy atom. The molecule has 2 atom stereocenters. The third kappa shape index (κ3) is 4.78. The highest BCUT2D eigenvalue weighted by molar-refractivity contribution is 5.36. The molecule has 0 aliphatic heterocycles. The molecule has 1 aromatic carbocycles. The lowest BCUT2D eigenvalue weighted by atomic mass is 10.1. The number of aryl methyl sites for hydroxylation is 2. The summed E-state index contributed by atoms with van der Waals surface area (Å²) in [6.07, 6.45) is 1.35. The minimum absolute atomic E-state index is 0.199. The molecular weight excluding hydrogens is 210 g/mol. The minimum Gasteiger partial charge on any atom is -0.489 e. The zero-order valence-corrected chi connectivity index (χ0v) is 11.7. The highest BCUT2D eigenvalue weighted by atomic mass is 16.5. The number of hydrogen-bond acceptors (Lipinski definition) is 2. The standard InChI is InChI=1S/C15H25NO/c1-6-13(4)16-10-14(5)17-15-9-11(2)7-8-12(15)3/h7-9,13-14,16H,6,10H2,1-5H3. The van der Waals surface area contributed by atoms with E-state index < -0.39 is 0 Å². The number of ether oxygens (including phenoxy) is 1. The van der Waals surface area contributed by atoms with E-state index in [0.717, 1.165) is 18.7 Å². The molecule has 2 unspecified atom stereocenters. The maximum Gasteiger partial charge on any atom is 0.122 e. The lowest BCUT2D eigenvalue weighted by molar-refractivity contribution is 0.210. The molecule has 96 valence electrons. The van der Waals surface area contributed by atoms with Gasteiger partial charge in [0.25, 0.3) is 0 Å². The van der Waals surface area contributed by atoms with Crippen LogP contribution in [0.2, 0.25) is 0 Å². The molecule has 0 heterocycles. The molecule has 0 saturated carbocycles. The normalized spacial score (nSPS) is 14.4. The first-order chi connectivity index (χ1) is 8.02. The van der Waals surface area contributed by atoms with Crippen molar-refractivity contribution in [2.75, 3.05) is 6.54 Å². The Morgan fingerprint density at radius 2 is 1.94 bits per heavy atom. The van der Waals surface area contributed by atoms with E-state index in [0.29, 0.717) is 6.04 Å². The first kappa shape index (κ1) is 14.0. The molecule has 0 aliphatic carbocycles. The molecule has 0 saturated heterocycles. The third-order valence-corrected chi connectivity index (χ3v) is 3.04. The molecule has 0 bridgehead atoms. The molecular formula is C15H25NO. The molecule has 0 fully saturated rings. The Bertz CT molecular complexity index is 349. The Balaban J connectivity index is 2.50. The summed E-state index contributed by atoms with van der Waals surface area (Å²) in [6, 6.07) is 6.89. The van der Waals surface area contributed by atoms with Crippen LogP contribution in [-0.4, -0.2) is 18.7 Å².